The Morgan fingerprint density at radius 3 is 2.20 bits per heavy atom. The number of carbonyl (C=O) groups is 1. The van der Waals surface area contributed by atoms with Gasteiger partial charge >= 0.3 is 0 Å². The summed E-state index contributed by atoms with van der Waals surface area (Å²) >= 11 is 12.0. The van der Waals surface area contributed by atoms with E-state index in [1.807, 2.05) is 28.2 Å². The Balaban J connectivity index is 2.10. The molecule has 2 rings (SSSR count). The Morgan fingerprint density at radius 1 is 1.04 bits per heavy atom. The third-order valence-electron chi connectivity index (χ3n) is 4.05. The van der Waals surface area contributed by atoms with Crippen LogP contribution >= 0.6 is 23.2 Å². The summed E-state index contributed by atoms with van der Waals surface area (Å²) in [5.74, 6) is -0.210. The van der Waals surface area contributed by atoms with E-state index >= 15 is 0 Å². The van der Waals surface area contributed by atoms with Gasteiger partial charge in [-0.25, -0.2) is 0 Å². The molecule has 1 N–H and O–H groups in total. The Kier molecular flexibility index (Phi) is 6.71. The summed E-state index contributed by atoms with van der Waals surface area (Å²) in [5.41, 5.74) is 2.70. The molecular formula is C19H23Cl2N3O. The van der Waals surface area contributed by atoms with Gasteiger partial charge in [0.15, 0.2) is 0 Å². The Labute approximate surface area is 159 Å². The van der Waals surface area contributed by atoms with Gasteiger partial charge < -0.3 is 15.1 Å². The van der Waals surface area contributed by atoms with Gasteiger partial charge in [-0.05, 0) is 50.0 Å². The second-order valence-electron chi connectivity index (χ2n) is 6.30. The van der Waals surface area contributed by atoms with Crippen LogP contribution in [0, 0.1) is 0 Å². The molecule has 134 valence electrons. The van der Waals surface area contributed by atoms with E-state index in [0.29, 0.717) is 22.2 Å². The monoisotopic (exact) mass is 379 g/mol. The molecule has 2 aromatic rings. The molecule has 2 aromatic carbocycles. The van der Waals surface area contributed by atoms with Crippen molar-refractivity contribution in [2.24, 2.45) is 0 Å². The molecule has 0 aliphatic heterocycles. The Morgan fingerprint density at radius 2 is 1.68 bits per heavy atom. The molecule has 0 unspecified atom stereocenters. The lowest BCUT2D eigenvalue weighted by molar-refractivity contribution is 0.0942. The van der Waals surface area contributed by atoms with Gasteiger partial charge in [-0.3, -0.25) is 4.79 Å². The fourth-order valence-electron chi connectivity index (χ4n) is 2.55. The Hall–Kier alpha value is -1.75. The fraction of sp³-hybridized carbons (Fsp3) is 0.316. The zero-order valence-corrected chi connectivity index (χ0v) is 16.4. The fourth-order valence-corrected chi connectivity index (χ4v) is 3.05. The quantitative estimate of drug-likeness (QED) is 0.820. The van der Waals surface area contributed by atoms with Gasteiger partial charge in [-0.15, -0.1) is 0 Å². The summed E-state index contributed by atoms with van der Waals surface area (Å²) in [4.78, 5) is 16.5. The molecule has 0 radical (unpaired) electrons. The zero-order valence-electron chi connectivity index (χ0n) is 14.9. The van der Waals surface area contributed by atoms with Crippen molar-refractivity contribution in [1.29, 1.82) is 0 Å². The maximum absolute atomic E-state index is 12.4. The van der Waals surface area contributed by atoms with Crippen molar-refractivity contribution in [3.8, 4) is 0 Å². The van der Waals surface area contributed by atoms with Crippen LogP contribution in [0.2, 0.25) is 10.0 Å². The van der Waals surface area contributed by atoms with Crippen LogP contribution in [-0.4, -0.2) is 45.5 Å². The molecule has 0 aliphatic carbocycles. The topological polar surface area (TPSA) is 35.6 Å². The molecule has 0 aromatic heterocycles. The van der Waals surface area contributed by atoms with Gasteiger partial charge in [-0.1, -0.05) is 35.3 Å². The number of amides is 1. The van der Waals surface area contributed by atoms with E-state index in [9.17, 15) is 4.79 Å². The van der Waals surface area contributed by atoms with Gasteiger partial charge in [0, 0.05) is 31.4 Å². The molecule has 0 aliphatic rings. The molecule has 0 spiro atoms. The highest BCUT2D eigenvalue weighted by atomic mass is 35.5. The summed E-state index contributed by atoms with van der Waals surface area (Å²) in [6.45, 7) is 0.478. The van der Waals surface area contributed by atoms with E-state index in [1.54, 1.807) is 18.2 Å². The molecule has 4 nitrogen and oxygen atoms in total. The van der Waals surface area contributed by atoms with Gasteiger partial charge in [0.1, 0.15) is 0 Å². The maximum atomic E-state index is 12.4. The highest BCUT2D eigenvalue weighted by Gasteiger charge is 2.17. The van der Waals surface area contributed by atoms with E-state index < -0.39 is 0 Å². The number of hydrogen-bond donors (Lipinski definition) is 1. The highest BCUT2D eigenvalue weighted by molar-refractivity contribution is 6.36. The number of halogens is 2. The van der Waals surface area contributed by atoms with Crippen LogP contribution in [0.3, 0.4) is 0 Å². The summed E-state index contributed by atoms with van der Waals surface area (Å²) in [6, 6.07) is 13.2. The molecular weight excluding hydrogens is 357 g/mol. The highest BCUT2D eigenvalue weighted by Crippen LogP contribution is 2.23. The number of nitrogens with one attached hydrogen (secondary N) is 1. The minimum atomic E-state index is -0.210. The van der Waals surface area contributed by atoms with Crippen molar-refractivity contribution in [2.45, 2.75) is 6.04 Å². The first-order valence-corrected chi connectivity index (χ1v) is 8.72. The van der Waals surface area contributed by atoms with Crippen LogP contribution in [-0.2, 0) is 0 Å². The SMILES string of the molecule is CN(C)c1ccc([C@@H](CNC(=O)c2ccc(Cl)cc2Cl)N(C)C)cc1. The molecule has 0 saturated carbocycles. The zero-order chi connectivity index (χ0) is 18.6. The average Bonchev–Trinajstić information content (AvgIpc) is 2.55. The second kappa shape index (κ2) is 8.56. The number of carbonyl (C=O) groups excluding carboxylic acids is 1. The summed E-state index contributed by atoms with van der Waals surface area (Å²) in [6.07, 6.45) is 0. The predicted molar refractivity (Wildman–Crippen MR) is 106 cm³/mol. The second-order valence-corrected chi connectivity index (χ2v) is 7.14. The number of rotatable bonds is 6. The number of likely N-dealkylation sites (N-methyl/N-ethyl adjacent to an activating group) is 1. The van der Waals surface area contributed by atoms with Gasteiger partial charge in [0.25, 0.3) is 5.91 Å². The molecule has 0 fully saturated rings. The van der Waals surface area contributed by atoms with Crippen molar-refractivity contribution in [2.75, 3.05) is 39.6 Å². The maximum Gasteiger partial charge on any atom is 0.252 e. The van der Waals surface area contributed by atoms with Crippen LogP contribution in [0.15, 0.2) is 42.5 Å². The van der Waals surface area contributed by atoms with Crippen molar-refractivity contribution in [3.05, 3.63) is 63.6 Å². The summed E-state index contributed by atoms with van der Waals surface area (Å²) in [5, 5.41) is 3.81. The van der Waals surface area contributed by atoms with Gasteiger partial charge in [0.2, 0.25) is 0 Å². The molecule has 1 atom stereocenters. The minimum absolute atomic E-state index is 0.0613. The van der Waals surface area contributed by atoms with Crippen LogP contribution in [0.1, 0.15) is 22.0 Å². The lowest BCUT2D eigenvalue weighted by Gasteiger charge is -2.26. The van der Waals surface area contributed by atoms with E-state index in [0.717, 1.165) is 11.3 Å². The molecule has 25 heavy (non-hydrogen) atoms. The molecule has 1 amide bonds. The number of benzene rings is 2. The third-order valence-corrected chi connectivity index (χ3v) is 4.60. The standard InChI is InChI=1S/C19H23Cl2N3O/c1-23(2)15-8-5-13(6-9-15)18(24(3)4)12-22-19(25)16-10-7-14(20)11-17(16)21/h5-11,18H,12H2,1-4H3,(H,22,25)/t18-/m1/s1. The molecule has 0 saturated heterocycles. The van der Waals surface area contributed by atoms with Crippen molar-refractivity contribution in [3.63, 3.8) is 0 Å². The average molecular weight is 380 g/mol. The third kappa shape index (κ3) is 5.11. The largest absolute Gasteiger partial charge is 0.378 e. The van der Waals surface area contributed by atoms with Crippen molar-refractivity contribution >= 4 is 34.8 Å². The number of anilines is 1. The van der Waals surface area contributed by atoms with Crippen LogP contribution < -0.4 is 10.2 Å². The van der Waals surface area contributed by atoms with E-state index in [-0.39, 0.29) is 11.9 Å². The molecule has 0 heterocycles. The first-order valence-electron chi connectivity index (χ1n) is 7.96. The summed E-state index contributed by atoms with van der Waals surface area (Å²) in [7, 11) is 8.00. The lowest BCUT2D eigenvalue weighted by atomic mass is 10.0. The van der Waals surface area contributed by atoms with Crippen molar-refractivity contribution < 1.29 is 4.79 Å². The predicted octanol–water partition coefficient (Wildman–Crippen LogP) is 4.09. The lowest BCUT2D eigenvalue weighted by Crippen LogP contribution is -2.34. The smallest absolute Gasteiger partial charge is 0.252 e. The van der Waals surface area contributed by atoms with E-state index in [4.69, 9.17) is 23.2 Å². The van der Waals surface area contributed by atoms with Crippen LogP contribution in [0.5, 0.6) is 0 Å². The van der Waals surface area contributed by atoms with Gasteiger partial charge in [0.05, 0.1) is 16.6 Å². The Bertz CT molecular complexity index is 730. The minimum Gasteiger partial charge on any atom is -0.378 e. The van der Waals surface area contributed by atoms with E-state index in [1.165, 1.54) is 0 Å². The first kappa shape index (κ1) is 19.6. The van der Waals surface area contributed by atoms with Crippen LogP contribution in [0.25, 0.3) is 0 Å². The normalized spacial score (nSPS) is 12.1. The van der Waals surface area contributed by atoms with Crippen molar-refractivity contribution in [1.82, 2.24) is 10.2 Å². The summed E-state index contributed by atoms with van der Waals surface area (Å²) < 4.78 is 0. The van der Waals surface area contributed by atoms with Gasteiger partial charge in [-0.2, -0.15) is 0 Å². The molecule has 6 heteroatoms. The van der Waals surface area contributed by atoms with Crippen LogP contribution in [0.4, 0.5) is 5.69 Å². The molecule has 0 bridgehead atoms. The number of hydrogen-bond acceptors (Lipinski definition) is 3. The van der Waals surface area contributed by atoms with E-state index in [2.05, 4.69) is 39.4 Å². The number of nitrogens with zero attached hydrogens (tertiary/aromatic N) is 2. The first-order chi connectivity index (χ1) is 11.8.